The Hall–Kier alpha value is -1.55. The van der Waals surface area contributed by atoms with E-state index in [1.807, 2.05) is 24.3 Å². The number of benzene rings is 1. The van der Waals surface area contributed by atoms with Crippen molar-refractivity contribution in [2.75, 3.05) is 6.54 Å². The van der Waals surface area contributed by atoms with Gasteiger partial charge in [0, 0.05) is 18.7 Å². The zero-order valence-electron chi connectivity index (χ0n) is 11.5. The lowest BCUT2D eigenvalue weighted by molar-refractivity contribution is 0.318. The molecule has 104 valence electrons. The Labute approximate surface area is 114 Å². The predicted octanol–water partition coefficient (Wildman–Crippen LogP) is 2.45. The average Bonchev–Trinajstić information content (AvgIpc) is 3.19. The second kappa shape index (κ2) is 6.06. The zero-order chi connectivity index (χ0) is 13.7. The van der Waals surface area contributed by atoms with E-state index in [0.29, 0.717) is 5.41 Å². The van der Waals surface area contributed by atoms with Gasteiger partial charge in [0.05, 0.1) is 0 Å². The number of hydrogen-bond donors (Lipinski definition) is 3. The highest BCUT2D eigenvalue weighted by molar-refractivity contribution is 5.98. The number of nitrogens with zero attached hydrogens (tertiary/aromatic N) is 1. The van der Waals surface area contributed by atoms with Crippen molar-refractivity contribution in [1.29, 1.82) is 0 Å². The van der Waals surface area contributed by atoms with E-state index in [1.165, 1.54) is 25.7 Å². The van der Waals surface area contributed by atoms with Crippen LogP contribution in [0.5, 0.6) is 0 Å². The molecule has 0 spiro atoms. The molecular weight excluding hydrogens is 238 g/mol. The molecule has 4 N–H and O–H groups in total. The van der Waals surface area contributed by atoms with Crippen LogP contribution in [-0.4, -0.2) is 17.6 Å². The molecule has 1 aliphatic rings. The summed E-state index contributed by atoms with van der Waals surface area (Å²) < 4.78 is 0. The van der Waals surface area contributed by atoms with Crippen LogP contribution in [0.1, 0.15) is 43.7 Å². The minimum atomic E-state index is 0.173. The van der Waals surface area contributed by atoms with E-state index in [0.717, 1.165) is 24.2 Å². The van der Waals surface area contributed by atoms with Crippen LogP contribution < -0.4 is 11.1 Å². The molecule has 0 aromatic heterocycles. The number of oxime groups is 1. The highest BCUT2D eigenvalue weighted by Gasteiger charge is 2.40. The van der Waals surface area contributed by atoms with E-state index >= 15 is 0 Å². The molecule has 1 aliphatic carbocycles. The fourth-order valence-electron chi connectivity index (χ4n) is 2.66. The third-order valence-electron chi connectivity index (χ3n) is 3.95. The largest absolute Gasteiger partial charge is 0.409 e. The van der Waals surface area contributed by atoms with Crippen molar-refractivity contribution in [3.8, 4) is 0 Å². The lowest BCUT2D eigenvalue weighted by Crippen LogP contribution is -2.25. The number of rotatable bonds is 7. The summed E-state index contributed by atoms with van der Waals surface area (Å²) in [5, 5.41) is 15.4. The molecule has 0 aliphatic heterocycles. The molecule has 0 atom stereocenters. The molecule has 0 heterocycles. The Kier molecular flexibility index (Phi) is 4.43. The minimum Gasteiger partial charge on any atom is -0.409 e. The Morgan fingerprint density at radius 1 is 1.42 bits per heavy atom. The maximum atomic E-state index is 8.79. The van der Waals surface area contributed by atoms with Crippen LogP contribution in [0.2, 0.25) is 0 Å². The molecule has 19 heavy (non-hydrogen) atoms. The molecule has 4 heteroatoms. The fraction of sp³-hybridized carbons (Fsp3) is 0.533. The highest BCUT2D eigenvalue weighted by Crippen LogP contribution is 2.48. The Morgan fingerprint density at radius 2 is 2.16 bits per heavy atom. The summed E-state index contributed by atoms with van der Waals surface area (Å²) in [5.41, 5.74) is 8.10. The molecule has 2 rings (SSSR count). The van der Waals surface area contributed by atoms with E-state index in [2.05, 4.69) is 17.4 Å². The third kappa shape index (κ3) is 3.47. The number of nitrogens with two attached hydrogens (primary N) is 1. The lowest BCUT2D eigenvalue weighted by Gasteiger charge is -2.16. The van der Waals surface area contributed by atoms with Gasteiger partial charge in [-0.3, -0.25) is 0 Å². The summed E-state index contributed by atoms with van der Waals surface area (Å²) in [4.78, 5) is 0. The monoisotopic (exact) mass is 261 g/mol. The summed E-state index contributed by atoms with van der Waals surface area (Å²) in [6, 6.07) is 7.77. The Balaban J connectivity index is 1.93. The second-order valence-electron chi connectivity index (χ2n) is 5.50. The maximum absolute atomic E-state index is 8.79. The van der Waals surface area contributed by atoms with Crippen molar-refractivity contribution in [2.45, 2.75) is 39.2 Å². The highest BCUT2D eigenvalue weighted by atomic mass is 16.4. The summed E-state index contributed by atoms with van der Waals surface area (Å²) >= 11 is 0. The van der Waals surface area contributed by atoms with Gasteiger partial charge in [-0.1, -0.05) is 42.8 Å². The van der Waals surface area contributed by atoms with E-state index in [-0.39, 0.29) is 5.84 Å². The smallest absolute Gasteiger partial charge is 0.170 e. The molecule has 0 saturated heterocycles. The van der Waals surface area contributed by atoms with Crippen molar-refractivity contribution in [3.63, 3.8) is 0 Å². The van der Waals surface area contributed by atoms with Crippen LogP contribution in [0.15, 0.2) is 29.4 Å². The first-order chi connectivity index (χ1) is 9.21. The van der Waals surface area contributed by atoms with Crippen LogP contribution in [0.4, 0.5) is 0 Å². The first-order valence-electron chi connectivity index (χ1n) is 6.97. The van der Waals surface area contributed by atoms with Crippen LogP contribution in [0.3, 0.4) is 0 Å². The molecule has 0 unspecified atom stereocenters. The Morgan fingerprint density at radius 3 is 2.79 bits per heavy atom. The molecular formula is C15H23N3O. The van der Waals surface area contributed by atoms with Gasteiger partial charge < -0.3 is 16.3 Å². The van der Waals surface area contributed by atoms with Gasteiger partial charge in [-0.05, 0) is 30.2 Å². The fourth-order valence-corrected chi connectivity index (χ4v) is 2.66. The number of hydrogen-bond acceptors (Lipinski definition) is 3. The normalized spacial score (nSPS) is 17.4. The zero-order valence-corrected chi connectivity index (χ0v) is 11.5. The van der Waals surface area contributed by atoms with E-state index in [4.69, 9.17) is 10.9 Å². The van der Waals surface area contributed by atoms with E-state index < -0.39 is 0 Å². The summed E-state index contributed by atoms with van der Waals surface area (Å²) in [6.07, 6.45) is 5.25. The van der Waals surface area contributed by atoms with Gasteiger partial charge in [0.25, 0.3) is 0 Å². The van der Waals surface area contributed by atoms with Crippen molar-refractivity contribution in [1.82, 2.24) is 5.32 Å². The molecule has 0 radical (unpaired) electrons. The molecule has 4 nitrogen and oxygen atoms in total. The Bertz CT molecular complexity index is 452. The van der Waals surface area contributed by atoms with Crippen LogP contribution in [0.25, 0.3) is 0 Å². The maximum Gasteiger partial charge on any atom is 0.170 e. The van der Waals surface area contributed by atoms with Crippen molar-refractivity contribution in [2.24, 2.45) is 16.3 Å². The number of nitrogens with one attached hydrogen (secondary N) is 1. The van der Waals surface area contributed by atoms with E-state index in [1.54, 1.807) is 0 Å². The average molecular weight is 261 g/mol. The first-order valence-corrected chi connectivity index (χ1v) is 6.97. The standard InChI is InChI=1S/C15H23N3O/c1-2-7-15(8-9-15)11-17-10-12-5-3-4-6-13(12)14(16)18-19/h3-6,17,19H,2,7-11H2,1H3,(H2,16,18). The van der Waals surface area contributed by atoms with Crippen molar-refractivity contribution >= 4 is 5.84 Å². The van der Waals surface area contributed by atoms with Crippen LogP contribution in [-0.2, 0) is 6.54 Å². The van der Waals surface area contributed by atoms with Gasteiger partial charge in [-0.25, -0.2) is 0 Å². The van der Waals surface area contributed by atoms with Crippen LogP contribution in [0, 0.1) is 5.41 Å². The lowest BCUT2D eigenvalue weighted by atomic mass is 10.0. The van der Waals surface area contributed by atoms with Crippen molar-refractivity contribution in [3.05, 3.63) is 35.4 Å². The van der Waals surface area contributed by atoms with Crippen molar-refractivity contribution < 1.29 is 5.21 Å². The van der Waals surface area contributed by atoms with Gasteiger partial charge in [-0.2, -0.15) is 0 Å². The van der Waals surface area contributed by atoms with Gasteiger partial charge in [0.15, 0.2) is 5.84 Å². The van der Waals surface area contributed by atoms with E-state index in [9.17, 15) is 0 Å². The molecule has 0 bridgehead atoms. The van der Waals surface area contributed by atoms with Gasteiger partial charge >= 0.3 is 0 Å². The quantitative estimate of drug-likeness (QED) is 0.305. The molecule has 1 aromatic carbocycles. The molecule has 0 amide bonds. The summed E-state index contributed by atoms with van der Waals surface area (Å²) in [5.74, 6) is 0.173. The molecule has 1 aromatic rings. The summed E-state index contributed by atoms with van der Waals surface area (Å²) in [7, 11) is 0. The van der Waals surface area contributed by atoms with Gasteiger partial charge in [-0.15, -0.1) is 0 Å². The predicted molar refractivity (Wildman–Crippen MR) is 77.2 cm³/mol. The topological polar surface area (TPSA) is 70.6 Å². The molecule has 1 fully saturated rings. The second-order valence-corrected chi connectivity index (χ2v) is 5.50. The number of amidine groups is 1. The third-order valence-corrected chi connectivity index (χ3v) is 3.95. The summed E-state index contributed by atoms with van der Waals surface area (Å²) in [6.45, 7) is 4.07. The van der Waals surface area contributed by atoms with Crippen LogP contribution >= 0.6 is 0 Å². The first kappa shape index (κ1) is 13.9. The molecule has 1 saturated carbocycles. The van der Waals surface area contributed by atoms with Gasteiger partial charge in [0.2, 0.25) is 0 Å². The SMILES string of the molecule is CCCC1(CNCc2ccccc2/C(N)=N/O)CC1. The minimum absolute atomic E-state index is 0.173. The van der Waals surface area contributed by atoms with Gasteiger partial charge in [0.1, 0.15) is 0 Å².